The van der Waals surface area contributed by atoms with E-state index in [1.54, 1.807) is 0 Å². The molecule has 3 heterocycles. The Bertz CT molecular complexity index is 442. The summed E-state index contributed by atoms with van der Waals surface area (Å²) in [5.41, 5.74) is 9.81. The zero-order valence-corrected chi connectivity index (χ0v) is 9.14. The van der Waals surface area contributed by atoms with Gasteiger partial charge in [-0.05, 0) is 13.8 Å². The van der Waals surface area contributed by atoms with Crippen molar-refractivity contribution in [1.82, 2.24) is 9.47 Å². The maximum Gasteiger partial charge on any atom is 0.149 e. The summed E-state index contributed by atoms with van der Waals surface area (Å²) in [7, 11) is 0. The lowest BCUT2D eigenvalue weighted by atomic mass is 10.2. The van der Waals surface area contributed by atoms with Gasteiger partial charge >= 0.3 is 0 Å². The maximum atomic E-state index is 5.85. The summed E-state index contributed by atoms with van der Waals surface area (Å²) in [6.45, 7) is 5.23. The molecular formula is C12H16N3+. The minimum absolute atomic E-state index is 0.642. The highest BCUT2D eigenvalue weighted by molar-refractivity contribution is 5.79. The van der Waals surface area contributed by atoms with E-state index in [9.17, 15) is 0 Å². The van der Waals surface area contributed by atoms with Crippen LogP contribution < -0.4 is 10.2 Å². The van der Waals surface area contributed by atoms with Crippen LogP contribution in [0.25, 0.3) is 6.08 Å². The minimum atomic E-state index is 0.642. The first-order valence-electron chi connectivity index (χ1n) is 5.47. The molecule has 3 heteroatoms. The fourth-order valence-electron chi connectivity index (χ4n) is 3.15. The summed E-state index contributed by atoms with van der Waals surface area (Å²) >= 11 is 0. The second-order valence-corrected chi connectivity index (χ2v) is 4.53. The molecule has 0 aromatic carbocycles. The molecule has 0 saturated carbocycles. The van der Waals surface area contributed by atoms with Crippen molar-refractivity contribution in [3.05, 3.63) is 29.7 Å². The van der Waals surface area contributed by atoms with E-state index in [2.05, 4.69) is 31.0 Å². The summed E-state index contributed by atoms with van der Waals surface area (Å²) in [4.78, 5) is 4.17. The van der Waals surface area contributed by atoms with E-state index >= 15 is 0 Å². The van der Waals surface area contributed by atoms with Crippen LogP contribution >= 0.6 is 0 Å². The van der Waals surface area contributed by atoms with Crippen LogP contribution in [0.1, 0.15) is 19.4 Å². The highest BCUT2D eigenvalue weighted by atomic mass is 15.6. The first kappa shape index (κ1) is 9.07. The average Bonchev–Trinajstić information content (AvgIpc) is 2.70. The number of nitrogens with two attached hydrogens (primary N) is 1. The lowest BCUT2D eigenvalue weighted by Crippen LogP contribution is -2.31. The molecule has 2 unspecified atom stereocenters. The zero-order chi connectivity index (χ0) is 10.6. The predicted octanol–water partition coefficient (Wildman–Crippen LogP) is 1.49. The van der Waals surface area contributed by atoms with Crippen molar-refractivity contribution in [2.45, 2.75) is 25.9 Å². The van der Waals surface area contributed by atoms with Crippen LogP contribution in [0.2, 0.25) is 0 Å². The van der Waals surface area contributed by atoms with Gasteiger partial charge in [-0.1, -0.05) is 0 Å². The Balaban J connectivity index is 2.20. The van der Waals surface area contributed by atoms with Crippen LogP contribution in [-0.4, -0.2) is 23.6 Å². The standard InChI is InChI=1S/C12H16N3/c1-8-9(2)15(8)11(6-13)5-10-7-14-4-3-12(10)15/h3-5,7-9H,6,13H2,1-2H3/q+1/t8-,9?,15?/m0/s1. The molecule has 0 radical (unpaired) electrons. The number of rotatable bonds is 1. The van der Waals surface area contributed by atoms with Gasteiger partial charge in [0.25, 0.3) is 0 Å². The molecule has 2 aliphatic rings. The molecule has 3 atom stereocenters. The predicted molar refractivity (Wildman–Crippen MR) is 62.0 cm³/mol. The number of hydrogen-bond acceptors (Lipinski definition) is 2. The van der Waals surface area contributed by atoms with Crippen LogP contribution in [0.15, 0.2) is 24.2 Å². The van der Waals surface area contributed by atoms with Gasteiger partial charge in [-0.15, -0.1) is 0 Å². The van der Waals surface area contributed by atoms with Crippen LogP contribution in [0, 0.1) is 0 Å². The van der Waals surface area contributed by atoms with Gasteiger partial charge in [0.1, 0.15) is 23.5 Å². The molecule has 1 aromatic heterocycles. The van der Waals surface area contributed by atoms with Crippen molar-refractivity contribution in [3.8, 4) is 0 Å². The van der Waals surface area contributed by atoms with Gasteiger partial charge in [0.2, 0.25) is 0 Å². The van der Waals surface area contributed by atoms with E-state index in [4.69, 9.17) is 5.73 Å². The normalized spacial score (nSPS) is 36.6. The maximum absolute atomic E-state index is 5.85. The molecule has 2 N–H and O–H groups in total. The molecule has 1 saturated heterocycles. The van der Waals surface area contributed by atoms with Gasteiger partial charge in [0.15, 0.2) is 0 Å². The summed E-state index contributed by atoms with van der Waals surface area (Å²) in [6.07, 6.45) is 6.03. The summed E-state index contributed by atoms with van der Waals surface area (Å²) in [5, 5.41) is 0. The molecule has 2 aliphatic heterocycles. The number of hydrogen-bond donors (Lipinski definition) is 1. The number of aromatic nitrogens is 1. The minimum Gasteiger partial charge on any atom is -0.322 e. The number of pyridine rings is 1. The van der Waals surface area contributed by atoms with Crippen LogP contribution in [0.4, 0.5) is 5.69 Å². The molecule has 15 heavy (non-hydrogen) atoms. The Hall–Kier alpha value is -1.19. The van der Waals surface area contributed by atoms with E-state index in [1.165, 1.54) is 16.9 Å². The second kappa shape index (κ2) is 2.68. The van der Waals surface area contributed by atoms with Crippen LogP contribution in [-0.2, 0) is 0 Å². The quantitative estimate of drug-likeness (QED) is 0.553. The fraction of sp³-hybridized carbons (Fsp3) is 0.417. The van der Waals surface area contributed by atoms with E-state index in [0.717, 1.165) is 4.48 Å². The lowest BCUT2D eigenvalue weighted by Gasteiger charge is -2.17. The largest absolute Gasteiger partial charge is 0.322 e. The molecule has 1 spiro atoms. The average molecular weight is 202 g/mol. The van der Waals surface area contributed by atoms with E-state index in [-0.39, 0.29) is 0 Å². The zero-order valence-electron chi connectivity index (χ0n) is 9.14. The van der Waals surface area contributed by atoms with Gasteiger partial charge in [0.05, 0.1) is 12.1 Å². The van der Waals surface area contributed by atoms with Crippen LogP contribution in [0.3, 0.4) is 0 Å². The third-order valence-electron chi connectivity index (χ3n) is 4.13. The monoisotopic (exact) mass is 202 g/mol. The molecular weight excluding hydrogens is 186 g/mol. The molecule has 3 nitrogen and oxygen atoms in total. The van der Waals surface area contributed by atoms with Gasteiger partial charge in [-0.25, -0.2) is 4.48 Å². The first-order chi connectivity index (χ1) is 7.22. The Morgan fingerprint density at radius 3 is 2.73 bits per heavy atom. The molecule has 0 amide bonds. The molecule has 3 rings (SSSR count). The molecule has 0 bridgehead atoms. The molecule has 1 fully saturated rings. The van der Waals surface area contributed by atoms with Gasteiger partial charge in [-0.2, -0.15) is 0 Å². The Morgan fingerprint density at radius 1 is 1.40 bits per heavy atom. The summed E-state index contributed by atoms with van der Waals surface area (Å²) in [5.74, 6) is 0. The van der Waals surface area contributed by atoms with Crippen molar-refractivity contribution in [1.29, 1.82) is 0 Å². The topological polar surface area (TPSA) is 38.9 Å². The van der Waals surface area contributed by atoms with Gasteiger partial charge in [0, 0.05) is 24.5 Å². The highest BCUT2D eigenvalue weighted by Crippen LogP contribution is 2.54. The Labute approximate surface area is 89.8 Å². The van der Waals surface area contributed by atoms with Gasteiger partial charge < -0.3 is 5.73 Å². The van der Waals surface area contributed by atoms with E-state index < -0.39 is 0 Å². The van der Waals surface area contributed by atoms with Crippen molar-refractivity contribution >= 4 is 11.8 Å². The summed E-state index contributed by atoms with van der Waals surface area (Å²) in [6, 6.07) is 3.45. The molecule has 0 aliphatic carbocycles. The highest BCUT2D eigenvalue weighted by Gasteiger charge is 2.66. The Kier molecular flexibility index (Phi) is 1.62. The number of nitrogens with zero attached hydrogens (tertiary/aromatic N) is 2. The number of quaternary nitrogens is 1. The van der Waals surface area contributed by atoms with Gasteiger partial charge in [-0.3, -0.25) is 4.98 Å². The SMILES string of the molecule is CC1[C@H](C)[N+]12C(CN)=Cc1cnccc12. The van der Waals surface area contributed by atoms with Crippen LogP contribution in [0.5, 0.6) is 0 Å². The van der Waals surface area contributed by atoms with E-state index in [1.807, 2.05) is 12.4 Å². The third-order valence-corrected chi connectivity index (χ3v) is 4.13. The number of fused-ring (bicyclic) bond motifs is 2. The second-order valence-electron chi connectivity index (χ2n) is 4.53. The van der Waals surface area contributed by atoms with Crippen molar-refractivity contribution in [2.75, 3.05) is 6.54 Å². The fourth-order valence-corrected chi connectivity index (χ4v) is 3.15. The smallest absolute Gasteiger partial charge is 0.149 e. The molecule has 1 aromatic rings. The lowest BCUT2D eigenvalue weighted by molar-refractivity contribution is 0.585. The van der Waals surface area contributed by atoms with Crippen molar-refractivity contribution < 1.29 is 0 Å². The van der Waals surface area contributed by atoms with Crippen molar-refractivity contribution in [3.63, 3.8) is 0 Å². The summed E-state index contributed by atoms with van der Waals surface area (Å²) < 4.78 is 0.981. The first-order valence-corrected chi connectivity index (χ1v) is 5.47. The Morgan fingerprint density at radius 2 is 2.13 bits per heavy atom. The third kappa shape index (κ3) is 0.856. The van der Waals surface area contributed by atoms with E-state index in [0.29, 0.717) is 18.6 Å². The van der Waals surface area contributed by atoms with Crippen molar-refractivity contribution in [2.24, 2.45) is 5.73 Å². The molecule has 78 valence electrons.